The molecule has 4 nitrogen and oxygen atoms in total. The molecule has 3 aromatic rings. The Balaban J connectivity index is 1.72. The van der Waals surface area contributed by atoms with Crippen molar-refractivity contribution in [1.82, 2.24) is 0 Å². The summed E-state index contributed by atoms with van der Waals surface area (Å²) in [5.74, 6) is 11.8. The number of sulfonamides is 1. The standard InChI is InChI=1S/C27H24BrNO3S/c1-22-12-15-25(16-13-22)33(30,31)29(27-17-14-23(2)21-26(27)28)18-6-7-19-32-20-8-11-24-9-4-3-5-10-24/h3-5,9-10,12-17,21H,18-20H2,1-2H3. The van der Waals surface area contributed by atoms with Crippen molar-refractivity contribution in [2.45, 2.75) is 18.7 Å². The summed E-state index contributed by atoms with van der Waals surface area (Å²) >= 11 is 3.50. The normalized spacial score (nSPS) is 10.5. The summed E-state index contributed by atoms with van der Waals surface area (Å²) < 4.78 is 34.3. The van der Waals surface area contributed by atoms with Crippen LogP contribution in [-0.4, -0.2) is 28.2 Å². The molecule has 0 aliphatic rings. The van der Waals surface area contributed by atoms with Crippen LogP contribution in [0.15, 0.2) is 82.2 Å². The number of aryl methyl sites for hydroxylation is 2. The molecule has 0 saturated carbocycles. The quantitative estimate of drug-likeness (QED) is 0.325. The first kappa shape index (κ1) is 24.6. The van der Waals surface area contributed by atoms with Gasteiger partial charge in [0.1, 0.15) is 13.2 Å². The fourth-order valence-corrected chi connectivity index (χ4v) is 5.15. The molecular weight excluding hydrogens is 498 g/mol. The molecule has 0 aromatic heterocycles. The zero-order chi connectivity index (χ0) is 23.7. The molecule has 0 saturated heterocycles. The summed E-state index contributed by atoms with van der Waals surface area (Å²) in [5, 5.41) is 0. The Bertz CT molecular complexity index is 1310. The number of rotatable bonds is 6. The van der Waals surface area contributed by atoms with Gasteiger partial charge >= 0.3 is 0 Å². The maximum absolute atomic E-state index is 13.4. The van der Waals surface area contributed by atoms with Crippen LogP contribution in [0.1, 0.15) is 16.7 Å². The topological polar surface area (TPSA) is 46.6 Å². The summed E-state index contributed by atoms with van der Waals surface area (Å²) in [6.45, 7) is 4.28. The van der Waals surface area contributed by atoms with Crippen molar-refractivity contribution in [1.29, 1.82) is 0 Å². The molecule has 0 fully saturated rings. The van der Waals surface area contributed by atoms with E-state index in [9.17, 15) is 8.42 Å². The van der Waals surface area contributed by atoms with Crippen LogP contribution in [0.2, 0.25) is 0 Å². The van der Waals surface area contributed by atoms with E-state index in [1.165, 1.54) is 4.31 Å². The molecule has 3 aromatic carbocycles. The van der Waals surface area contributed by atoms with E-state index in [1.807, 2.05) is 56.3 Å². The zero-order valence-electron chi connectivity index (χ0n) is 18.5. The number of anilines is 1. The van der Waals surface area contributed by atoms with Crippen LogP contribution >= 0.6 is 15.9 Å². The predicted molar refractivity (Wildman–Crippen MR) is 137 cm³/mol. The van der Waals surface area contributed by atoms with E-state index in [0.717, 1.165) is 16.7 Å². The lowest BCUT2D eigenvalue weighted by Crippen LogP contribution is -2.31. The summed E-state index contributed by atoms with van der Waals surface area (Å²) in [6.07, 6.45) is 0. The fraction of sp³-hybridized carbons (Fsp3) is 0.185. The summed E-state index contributed by atoms with van der Waals surface area (Å²) in [4.78, 5) is 0.217. The van der Waals surface area contributed by atoms with Gasteiger partial charge in [0.15, 0.2) is 0 Å². The Morgan fingerprint density at radius 3 is 2.21 bits per heavy atom. The molecule has 33 heavy (non-hydrogen) atoms. The molecular formula is C27H24BrNO3S. The minimum Gasteiger partial charge on any atom is -0.356 e. The molecule has 0 spiro atoms. The van der Waals surface area contributed by atoms with Crippen molar-refractivity contribution in [3.63, 3.8) is 0 Å². The van der Waals surface area contributed by atoms with Crippen LogP contribution in [0.3, 0.4) is 0 Å². The lowest BCUT2D eigenvalue weighted by molar-refractivity contribution is 0.204. The number of hydrogen-bond acceptors (Lipinski definition) is 3. The summed E-state index contributed by atoms with van der Waals surface area (Å²) in [7, 11) is -3.80. The molecule has 6 heteroatoms. The Morgan fingerprint density at radius 1 is 0.848 bits per heavy atom. The molecule has 0 heterocycles. The summed E-state index contributed by atoms with van der Waals surface area (Å²) in [6, 6.07) is 22.0. The summed E-state index contributed by atoms with van der Waals surface area (Å²) in [5.41, 5.74) is 3.47. The highest BCUT2D eigenvalue weighted by atomic mass is 79.9. The molecule has 0 unspecified atom stereocenters. The lowest BCUT2D eigenvalue weighted by Gasteiger charge is -2.24. The second kappa shape index (κ2) is 11.7. The Hall–Kier alpha value is -3.03. The van der Waals surface area contributed by atoms with Crippen LogP contribution < -0.4 is 4.31 Å². The molecule has 0 bridgehead atoms. The molecule has 0 amide bonds. The molecule has 0 N–H and O–H groups in total. The fourth-order valence-electron chi connectivity index (χ4n) is 2.94. The third-order valence-corrected chi connectivity index (χ3v) is 7.09. The van der Waals surface area contributed by atoms with Crippen LogP contribution in [0.4, 0.5) is 5.69 Å². The third kappa shape index (κ3) is 6.97. The molecule has 0 aliphatic heterocycles. The average Bonchev–Trinajstić information content (AvgIpc) is 2.80. The van der Waals surface area contributed by atoms with Gasteiger partial charge in [-0.05, 0) is 71.7 Å². The van der Waals surface area contributed by atoms with E-state index < -0.39 is 10.0 Å². The van der Waals surface area contributed by atoms with Gasteiger partial charge in [-0.25, -0.2) is 8.42 Å². The predicted octanol–water partition coefficient (Wildman–Crippen LogP) is 5.33. The zero-order valence-corrected chi connectivity index (χ0v) is 20.9. The van der Waals surface area contributed by atoms with Crippen molar-refractivity contribution in [3.8, 4) is 23.7 Å². The average molecular weight is 522 g/mol. The Morgan fingerprint density at radius 2 is 1.52 bits per heavy atom. The van der Waals surface area contributed by atoms with Crippen molar-refractivity contribution >= 4 is 31.6 Å². The van der Waals surface area contributed by atoms with Gasteiger partial charge in [-0.3, -0.25) is 4.31 Å². The van der Waals surface area contributed by atoms with Gasteiger partial charge in [0.25, 0.3) is 10.0 Å². The van der Waals surface area contributed by atoms with E-state index >= 15 is 0 Å². The van der Waals surface area contributed by atoms with Crippen LogP contribution in [0.5, 0.6) is 0 Å². The first-order chi connectivity index (χ1) is 15.9. The highest BCUT2D eigenvalue weighted by molar-refractivity contribution is 9.10. The van der Waals surface area contributed by atoms with Gasteiger partial charge in [0.05, 0.1) is 17.1 Å². The van der Waals surface area contributed by atoms with Crippen LogP contribution in [0.25, 0.3) is 0 Å². The number of halogens is 1. The van der Waals surface area contributed by atoms with Crippen molar-refractivity contribution in [2.75, 3.05) is 24.1 Å². The van der Waals surface area contributed by atoms with Crippen molar-refractivity contribution in [3.05, 3.63) is 94.0 Å². The van der Waals surface area contributed by atoms with Crippen LogP contribution in [-0.2, 0) is 14.8 Å². The minimum absolute atomic E-state index is 0.00305. The largest absolute Gasteiger partial charge is 0.356 e. The van der Waals surface area contributed by atoms with E-state index in [4.69, 9.17) is 4.74 Å². The van der Waals surface area contributed by atoms with Gasteiger partial charge in [-0.2, -0.15) is 0 Å². The van der Waals surface area contributed by atoms with E-state index in [0.29, 0.717) is 10.2 Å². The molecule has 0 aliphatic carbocycles. The third-order valence-electron chi connectivity index (χ3n) is 4.68. The molecule has 3 rings (SSSR count). The Kier molecular flexibility index (Phi) is 8.74. The van der Waals surface area contributed by atoms with Crippen LogP contribution in [0, 0.1) is 37.5 Å². The molecule has 168 valence electrons. The van der Waals surface area contributed by atoms with Gasteiger partial charge in [-0.1, -0.05) is 65.6 Å². The number of benzene rings is 3. The second-order valence-corrected chi connectivity index (χ2v) is 10.0. The van der Waals surface area contributed by atoms with Gasteiger partial charge in [0, 0.05) is 10.0 Å². The van der Waals surface area contributed by atoms with E-state index in [-0.39, 0.29) is 24.7 Å². The smallest absolute Gasteiger partial charge is 0.265 e. The maximum Gasteiger partial charge on any atom is 0.265 e. The van der Waals surface area contributed by atoms with Gasteiger partial charge < -0.3 is 4.74 Å². The van der Waals surface area contributed by atoms with Crippen molar-refractivity contribution in [2.24, 2.45) is 0 Å². The van der Waals surface area contributed by atoms with E-state index in [1.54, 1.807) is 30.3 Å². The van der Waals surface area contributed by atoms with Crippen molar-refractivity contribution < 1.29 is 13.2 Å². The first-order valence-electron chi connectivity index (χ1n) is 10.3. The SMILES string of the molecule is Cc1ccc(S(=O)(=O)N(CC#CCOCC#Cc2ccccc2)c2ccc(C)cc2Br)cc1. The molecule has 0 radical (unpaired) electrons. The van der Waals surface area contributed by atoms with Gasteiger partial charge in [-0.15, -0.1) is 0 Å². The maximum atomic E-state index is 13.4. The minimum atomic E-state index is -3.80. The number of hydrogen-bond donors (Lipinski definition) is 0. The van der Waals surface area contributed by atoms with Gasteiger partial charge in [0.2, 0.25) is 0 Å². The first-order valence-corrected chi connectivity index (χ1v) is 12.5. The number of ether oxygens (including phenoxy) is 1. The monoisotopic (exact) mass is 521 g/mol. The van der Waals surface area contributed by atoms with E-state index in [2.05, 4.69) is 39.6 Å². The second-order valence-electron chi connectivity index (χ2n) is 7.29. The lowest BCUT2D eigenvalue weighted by atomic mass is 10.2. The highest BCUT2D eigenvalue weighted by Crippen LogP contribution is 2.31. The Labute approximate surface area is 204 Å². The highest BCUT2D eigenvalue weighted by Gasteiger charge is 2.25. The number of nitrogens with zero attached hydrogens (tertiary/aromatic N) is 1. The molecule has 0 atom stereocenters.